The fraction of sp³-hybridized carbons (Fsp3) is 0.471. The third-order valence-corrected chi connectivity index (χ3v) is 4.37. The van der Waals surface area contributed by atoms with Crippen molar-refractivity contribution >= 4 is 11.6 Å². The standard InChI is InChI=1S/C17H21N3O2/c1-12-7-8-15-18-10-14(17(22)20(15)11-12)16(21)19-9-13-5-3-2-4-6-13/h7-8,10-11,13H,2-6,9H2,1H3,(H,19,21). The first-order chi connectivity index (χ1) is 10.6. The number of carbonyl (C=O) groups excluding carboxylic acids is 1. The van der Waals surface area contributed by atoms with Crippen molar-refractivity contribution < 1.29 is 4.79 Å². The number of carbonyl (C=O) groups is 1. The van der Waals surface area contributed by atoms with Crippen molar-refractivity contribution in [3.63, 3.8) is 0 Å². The second-order valence-corrected chi connectivity index (χ2v) is 6.13. The molecule has 1 N–H and O–H groups in total. The second-order valence-electron chi connectivity index (χ2n) is 6.13. The van der Waals surface area contributed by atoms with Crippen LogP contribution < -0.4 is 10.9 Å². The van der Waals surface area contributed by atoms with Crippen molar-refractivity contribution in [2.75, 3.05) is 6.54 Å². The zero-order valence-electron chi connectivity index (χ0n) is 12.8. The highest BCUT2D eigenvalue weighted by Crippen LogP contribution is 2.22. The number of aromatic nitrogens is 2. The number of nitrogens with zero attached hydrogens (tertiary/aromatic N) is 2. The van der Waals surface area contributed by atoms with Gasteiger partial charge in [0.2, 0.25) is 0 Å². The molecule has 1 amide bonds. The summed E-state index contributed by atoms with van der Waals surface area (Å²) in [4.78, 5) is 28.9. The van der Waals surface area contributed by atoms with E-state index in [2.05, 4.69) is 10.3 Å². The second kappa shape index (κ2) is 6.30. The van der Waals surface area contributed by atoms with Crippen molar-refractivity contribution in [2.45, 2.75) is 39.0 Å². The molecule has 2 aromatic rings. The molecule has 5 nitrogen and oxygen atoms in total. The molecule has 1 aliphatic rings. The lowest BCUT2D eigenvalue weighted by Gasteiger charge is -2.21. The van der Waals surface area contributed by atoms with Crippen molar-refractivity contribution in [1.29, 1.82) is 0 Å². The highest BCUT2D eigenvalue weighted by atomic mass is 16.2. The van der Waals surface area contributed by atoms with Crippen molar-refractivity contribution in [2.24, 2.45) is 5.92 Å². The number of amides is 1. The van der Waals surface area contributed by atoms with Crippen LogP contribution in [0.3, 0.4) is 0 Å². The molecule has 22 heavy (non-hydrogen) atoms. The Bertz CT molecular complexity index is 745. The first-order valence-corrected chi connectivity index (χ1v) is 7.91. The molecule has 1 fully saturated rings. The van der Waals surface area contributed by atoms with E-state index in [1.807, 2.05) is 13.0 Å². The Kier molecular flexibility index (Phi) is 4.22. The molecule has 2 aromatic heterocycles. The Labute approximate surface area is 129 Å². The minimum atomic E-state index is -0.320. The van der Waals surface area contributed by atoms with E-state index in [0.717, 1.165) is 18.4 Å². The van der Waals surface area contributed by atoms with E-state index in [1.165, 1.54) is 29.9 Å². The Morgan fingerprint density at radius 1 is 1.32 bits per heavy atom. The number of hydrogen-bond donors (Lipinski definition) is 1. The molecule has 0 unspecified atom stereocenters. The van der Waals surface area contributed by atoms with Crippen LogP contribution in [0.1, 0.15) is 48.0 Å². The molecule has 0 spiro atoms. The lowest BCUT2D eigenvalue weighted by atomic mass is 9.89. The van der Waals surface area contributed by atoms with E-state index in [0.29, 0.717) is 18.1 Å². The van der Waals surface area contributed by atoms with Crippen LogP contribution in [0.2, 0.25) is 0 Å². The van der Waals surface area contributed by atoms with Crippen LogP contribution in [0.25, 0.3) is 5.65 Å². The zero-order valence-corrected chi connectivity index (χ0v) is 12.8. The molecule has 0 bridgehead atoms. The predicted molar refractivity (Wildman–Crippen MR) is 85.1 cm³/mol. The van der Waals surface area contributed by atoms with Gasteiger partial charge in [-0.05, 0) is 37.3 Å². The summed E-state index contributed by atoms with van der Waals surface area (Å²) in [6, 6.07) is 3.67. The molecular formula is C17H21N3O2. The van der Waals surface area contributed by atoms with Gasteiger partial charge in [0.1, 0.15) is 11.2 Å². The minimum absolute atomic E-state index is 0.110. The third-order valence-electron chi connectivity index (χ3n) is 4.37. The maximum Gasteiger partial charge on any atom is 0.270 e. The van der Waals surface area contributed by atoms with Gasteiger partial charge in [-0.25, -0.2) is 4.98 Å². The molecule has 3 rings (SSSR count). The zero-order chi connectivity index (χ0) is 15.5. The summed E-state index contributed by atoms with van der Waals surface area (Å²) in [5.41, 5.74) is 1.31. The molecule has 0 atom stereocenters. The van der Waals surface area contributed by atoms with E-state index in [1.54, 1.807) is 12.3 Å². The average molecular weight is 299 g/mol. The topological polar surface area (TPSA) is 63.5 Å². The van der Waals surface area contributed by atoms with Crippen molar-refractivity contribution in [3.05, 3.63) is 46.0 Å². The highest BCUT2D eigenvalue weighted by Gasteiger charge is 2.17. The maximum atomic E-state index is 12.4. The first-order valence-electron chi connectivity index (χ1n) is 7.91. The van der Waals surface area contributed by atoms with Crippen LogP contribution in [-0.2, 0) is 0 Å². The number of pyridine rings is 1. The minimum Gasteiger partial charge on any atom is -0.352 e. The van der Waals surface area contributed by atoms with Crippen LogP contribution in [0, 0.1) is 12.8 Å². The van der Waals surface area contributed by atoms with Gasteiger partial charge in [0.05, 0.1) is 0 Å². The molecule has 0 saturated heterocycles. The number of rotatable bonds is 3. The van der Waals surface area contributed by atoms with Gasteiger partial charge in [-0.3, -0.25) is 14.0 Å². The molecule has 116 valence electrons. The van der Waals surface area contributed by atoms with Crippen molar-refractivity contribution in [3.8, 4) is 0 Å². The summed E-state index contributed by atoms with van der Waals surface area (Å²) in [6.45, 7) is 2.55. The molecule has 1 aliphatic carbocycles. The van der Waals surface area contributed by atoms with Crippen LogP contribution in [-0.4, -0.2) is 21.8 Å². The summed E-state index contributed by atoms with van der Waals surface area (Å²) in [5, 5.41) is 2.90. The normalized spacial score (nSPS) is 15.9. The lowest BCUT2D eigenvalue weighted by Crippen LogP contribution is -2.35. The largest absolute Gasteiger partial charge is 0.352 e. The van der Waals surface area contributed by atoms with Crippen LogP contribution in [0.5, 0.6) is 0 Å². The smallest absolute Gasteiger partial charge is 0.270 e. The molecule has 1 saturated carbocycles. The summed E-state index contributed by atoms with van der Waals surface area (Å²) >= 11 is 0. The molecule has 5 heteroatoms. The number of nitrogens with one attached hydrogen (secondary N) is 1. The van der Waals surface area contributed by atoms with E-state index in [-0.39, 0.29) is 17.0 Å². The van der Waals surface area contributed by atoms with Gasteiger partial charge in [-0.2, -0.15) is 0 Å². The summed E-state index contributed by atoms with van der Waals surface area (Å²) in [7, 11) is 0. The van der Waals surface area contributed by atoms with Gasteiger partial charge in [-0.1, -0.05) is 25.3 Å². The fourth-order valence-corrected chi connectivity index (χ4v) is 3.06. The Balaban J connectivity index is 1.78. The number of aryl methyl sites for hydroxylation is 1. The first kappa shape index (κ1) is 14.8. The van der Waals surface area contributed by atoms with Gasteiger partial charge in [-0.15, -0.1) is 0 Å². The maximum absolute atomic E-state index is 12.4. The number of hydrogen-bond acceptors (Lipinski definition) is 3. The molecule has 0 radical (unpaired) electrons. The van der Waals surface area contributed by atoms with E-state index < -0.39 is 0 Å². The van der Waals surface area contributed by atoms with E-state index in [4.69, 9.17) is 0 Å². The lowest BCUT2D eigenvalue weighted by molar-refractivity contribution is 0.0941. The molecule has 0 aromatic carbocycles. The summed E-state index contributed by atoms with van der Waals surface area (Å²) < 4.78 is 1.44. The summed E-state index contributed by atoms with van der Waals surface area (Å²) in [5.74, 6) is 0.218. The van der Waals surface area contributed by atoms with Gasteiger partial charge in [0, 0.05) is 18.9 Å². The monoisotopic (exact) mass is 299 g/mol. The average Bonchev–Trinajstić information content (AvgIpc) is 2.54. The van der Waals surface area contributed by atoms with Crippen LogP contribution in [0.4, 0.5) is 0 Å². The Hall–Kier alpha value is -2.17. The quantitative estimate of drug-likeness (QED) is 0.946. The predicted octanol–water partition coefficient (Wildman–Crippen LogP) is 2.31. The molecule has 2 heterocycles. The van der Waals surface area contributed by atoms with Gasteiger partial charge in [0.25, 0.3) is 11.5 Å². The Morgan fingerprint density at radius 2 is 2.09 bits per heavy atom. The van der Waals surface area contributed by atoms with Crippen LogP contribution in [0.15, 0.2) is 29.3 Å². The highest BCUT2D eigenvalue weighted by molar-refractivity contribution is 5.93. The summed E-state index contributed by atoms with van der Waals surface area (Å²) in [6.07, 6.45) is 9.17. The molecular weight excluding hydrogens is 278 g/mol. The fourth-order valence-electron chi connectivity index (χ4n) is 3.06. The van der Waals surface area contributed by atoms with Crippen molar-refractivity contribution in [1.82, 2.24) is 14.7 Å². The van der Waals surface area contributed by atoms with Crippen LogP contribution >= 0.6 is 0 Å². The van der Waals surface area contributed by atoms with Gasteiger partial charge in [0.15, 0.2) is 0 Å². The SMILES string of the molecule is Cc1ccc2ncc(C(=O)NCC3CCCCC3)c(=O)n2c1. The Morgan fingerprint density at radius 3 is 2.86 bits per heavy atom. The van der Waals surface area contributed by atoms with Gasteiger partial charge < -0.3 is 5.32 Å². The number of fused-ring (bicyclic) bond motifs is 1. The third kappa shape index (κ3) is 3.03. The molecule has 0 aliphatic heterocycles. The van der Waals surface area contributed by atoms with E-state index in [9.17, 15) is 9.59 Å². The van der Waals surface area contributed by atoms with Gasteiger partial charge >= 0.3 is 0 Å². The van der Waals surface area contributed by atoms with E-state index >= 15 is 0 Å².